The summed E-state index contributed by atoms with van der Waals surface area (Å²) in [6.45, 7) is 0.232. The summed E-state index contributed by atoms with van der Waals surface area (Å²) >= 11 is 3.19. The zero-order valence-corrected chi connectivity index (χ0v) is 12.7. The molecule has 0 spiro atoms. The molecule has 0 saturated carbocycles. The lowest BCUT2D eigenvalue weighted by atomic mass is 10.2. The van der Waals surface area contributed by atoms with Crippen LogP contribution in [0.3, 0.4) is 0 Å². The Morgan fingerprint density at radius 3 is 2.60 bits per heavy atom. The van der Waals surface area contributed by atoms with Gasteiger partial charge >= 0.3 is 0 Å². The topological polar surface area (TPSA) is 72.2 Å². The second-order valence-corrected chi connectivity index (χ2v) is 6.59. The van der Waals surface area contributed by atoms with E-state index in [4.69, 9.17) is 5.73 Å². The van der Waals surface area contributed by atoms with Crippen molar-refractivity contribution < 1.29 is 12.8 Å². The van der Waals surface area contributed by atoms with Crippen LogP contribution in [-0.2, 0) is 16.6 Å². The molecular formula is C13H12BrFN2O2S. The molecule has 0 aromatic heterocycles. The van der Waals surface area contributed by atoms with Crippen molar-refractivity contribution in [1.82, 2.24) is 0 Å². The SMILES string of the molecule is NCc1ccc(Br)c(S(=O)(=O)Nc2cccc(F)c2)c1. The van der Waals surface area contributed by atoms with Gasteiger partial charge in [0, 0.05) is 11.0 Å². The summed E-state index contributed by atoms with van der Waals surface area (Å²) in [4.78, 5) is 0.0599. The van der Waals surface area contributed by atoms with Crippen LogP contribution in [0, 0.1) is 5.82 Å². The molecule has 0 aliphatic heterocycles. The van der Waals surface area contributed by atoms with Crippen molar-refractivity contribution in [3.05, 3.63) is 58.3 Å². The molecular weight excluding hydrogens is 347 g/mol. The van der Waals surface area contributed by atoms with Crippen molar-refractivity contribution in [3.63, 3.8) is 0 Å². The smallest absolute Gasteiger partial charge is 0.263 e. The van der Waals surface area contributed by atoms with Crippen LogP contribution in [-0.4, -0.2) is 8.42 Å². The average Bonchev–Trinajstić information content (AvgIpc) is 2.38. The molecule has 0 aliphatic carbocycles. The quantitative estimate of drug-likeness (QED) is 0.882. The first kappa shape index (κ1) is 15.0. The molecule has 20 heavy (non-hydrogen) atoms. The van der Waals surface area contributed by atoms with E-state index in [-0.39, 0.29) is 17.1 Å². The van der Waals surface area contributed by atoms with Crippen molar-refractivity contribution in [1.29, 1.82) is 0 Å². The Hall–Kier alpha value is -1.44. The highest BCUT2D eigenvalue weighted by Gasteiger charge is 2.18. The van der Waals surface area contributed by atoms with Gasteiger partial charge in [-0.15, -0.1) is 0 Å². The summed E-state index contributed by atoms with van der Waals surface area (Å²) in [5, 5.41) is 0. The molecule has 2 aromatic carbocycles. The van der Waals surface area contributed by atoms with Crippen LogP contribution in [0.2, 0.25) is 0 Å². The van der Waals surface area contributed by atoms with E-state index < -0.39 is 15.8 Å². The number of halogens is 2. The summed E-state index contributed by atoms with van der Waals surface area (Å²) in [5.74, 6) is -0.514. The van der Waals surface area contributed by atoms with E-state index in [1.807, 2.05) is 0 Å². The molecule has 0 bridgehead atoms. The van der Waals surface area contributed by atoms with Gasteiger partial charge in [0.05, 0.1) is 5.69 Å². The summed E-state index contributed by atoms with van der Waals surface area (Å²) in [6.07, 6.45) is 0. The number of benzene rings is 2. The second kappa shape index (κ2) is 5.90. The highest BCUT2D eigenvalue weighted by Crippen LogP contribution is 2.25. The first-order chi connectivity index (χ1) is 9.42. The van der Waals surface area contributed by atoms with E-state index >= 15 is 0 Å². The van der Waals surface area contributed by atoms with Crippen molar-refractivity contribution in [2.45, 2.75) is 11.4 Å². The van der Waals surface area contributed by atoms with Crippen molar-refractivity contribution in [3.8, 4) is 0 Å². The highest BCUT2D eigenvalue weighted by molar-refractivity contribution is 9.10. The minimum Gasteiger partial charge on any atom is -0.326 e. The second-order valence-electron chi connectivity index (χ2n) is 4.08. The first-order valence-corrected chi connectivity index (χ1v) is 7.97. The summed E-state index contributed by atoms with van der Waals surface area (Å²) in [6, 6.07) is 10.1. The van der Waals surface area contributed by atoms with Crippen LogP contribution in [0.4, 0.5) is 10.1 Å². The van der Waals surface area contributed by atoms with Gasteiger partial charge in [0.25, 0.3) is 10.0 Å². The average molecular weight is 359 g/mol. The van der Waals surface area contributed by atoms with Crippen LogP contribution in [0.1, 0.15) is 5.56 Å². The van der Waals surface area contributed by atoms with Gasteiger partial charge in [0.1, 0.15) is 10.7 Å². The summed E-state index contributed by atoms with van der Waals surface area (Å²) < 4.78 is 40.4. The lowest BCUT2D eigenvalue weighted by molar-refractivity contribution is 0.600. The molecule has 0 atom stereocenters. The van der Waals surface area contributed by atoms with E-state index in [9.17, 15) is 12.8 Å². The standard InChI is InChI=1S/C13H12BrFN2O2S/c14-12-5-4-9(8-16)6-13(12)20(18,19)17-11-3-1-2-10(15)7-11/h1-7,17H,8,16H2. The lowest BCUT2D eigenvalue weighted by Gasteiger charge is -2.11. The summed E-state index contributed by atoms with van der Waals surface area (Å²) in [5.41, 5.74) is 6.35. The zero-order valence-electron chi connectivity index (χ0n) is 10.3. The molecule has 106 valence electrons. The number of nitrogens with one attached hydrogen (secondary N) is 1. The van der Waals surface area contributed by atoms with Crippen LogP contribution in [0.5, 0.6) is 0 Å². The van der Waals surface area contributed by atoms with Gasteiger partial charge in [0.2, 0.25) is 0 Å². The Kier molecular flexibility index (Phi) is 4.42. The third-order valence-corrected chi connectivity index (χ3v) is 4.97. The van der Waals surface area contributed by atoms with Crippen molar-refractivity contribution in [2.75, 3.05) is 4.72 Å². The molecule has 2 aromatic rings. The fourth-order valence-corrected chi connectivity index (χ4v) is 3.71. The van der Waals surface area contributed by atoms with Gasteiger partial charge < -0.3 is 5.73 Å². The number of hydrogen-bond donors (Lipinski definition) is 2. The van der Waals surface area contributed by atoms with E-state index in [1.54, 1.807) is 12.1 Å². The number of nitrogens with two attached hydrogens (primary N) is 1. The first-order valence-electron chi connectivity index (χ1n) is 5.69. The monoisotopic (exact) mass is 358 g/mol. The molecule has 3 N–H and O–H groups in total. The normalized spacial score (nSPS) is 11.3. The Balaban J connectivity index is 2.40. The predicted octanol–water partition coefficient (Wildman–Crippen LogP) is 2.85. The molecule has 0 heterocycles. The Morgan fingerprint density at radius 1 is 1.20 bits per heavy atom. The molecule has 0 unspecified atom stereocenters. The van der Waals surface area contributed by atoms with Crippen LogP contribution >= 0.6 is 15.9 Å². The molecule has 0 radical (unpaired) electrons. The van der Waals surface area contributed by atoms with Gasteiger partial charge in [0.15, 0.2) is 0 Å². The van der Waals surface area contributed by atoms with Gasteiger partial charge in [-0.25, -0.2) is 12.8 Å². The summed E-state index contributed by atoms with van der Waals surface area (Å²) in [7, 11) is -3.81. The maximum Gasteiger partial charge on any atom is 0.263 e. The van der Waals surface area contributed by atoms with E-state index in [0.717, 1.165) is 6.07 Å². The Bertz CT molecular complexity index is 735. The minimum atomic E-state index is -3.81. The van der Waals surface area contributed by atoms with Gasteiger partial charge in [-0.1, -0.05) is 12.1 Å². The number of sulfonamides is 1. The van der Waals surface area contributed by atoms with Gasteiger partial charge in [-0.05, 0) is 51.8 Å². The van der Waals surface area contributed by atoms with Crippen LogP contribution < -0.4 is 10.5 Å². The number of anilines is 1. The predicted molar refractivity (Wildman–Crippen MR) is 79.2 cm³/mol. The molecule has 4 nitrogen and oxygen atoms in total. The third kappa shape index (κ3) is 3.36. The van der Waals surface area contributed by atoms with E-state index in [2.05, 4.69) is 20.7 Å². The largest absolute Gasteiger partial charge is 0.326 e. The fraction of sp³-hybridized carbons (Fsp3) is 0.0769. The molecule has 2 rings (SSSR count). The number of rotatable bonds is 4. The van der Waals surface area contributed by atoms with Crippen molar-refractivity contribution in [2.24, 2.45) is 5.73 Å². The fourth-order valence-electron chi connectivity index (χ4n) is 1.64. The van der Waals surface area contributed by atoms with Gasteiger partial charge in [-0.3, -0.25) is 4.72 Å². The molecule has 7 heteroatoms. The minimum absolute atomic E-state index is 0.0599. The van der Waals surface area contributed by atoms with Crippen LogP contribution in [0.25, 0.3) is 0 Å². The maximum atomic E-state index is 13.1. The third-order valence-electron chi connectivity index (χ3n) is 2.60. The Labute approximate surface area is 125 Å². The van der Waals surface area contributed by atoms with E-state index in [0.29, 0.717) is 10.0 Å². The number of hydrogen-bond acceptors (Lipinski definition) is 3. The molecule has 0 amide bonds. The zero-order chi connectivity index (χ0) is 14.8. The van der Waals surface area contributed by atoms with Gasteiger partial charge in [-0.2, -0.15) is 0 Å². The van der Waals surface area contributed by atoms with E-state index in [1.165, 1.54) is 24.3 Å². The van der Waals surface area contributed by atoms with Crippen LogP contribution in [0.15, 0.2) is 51.8 Å². The Morgan fingerprint density at radius 2 is 1.95 bits per heavy atom. The highest BCUT2D eigenvalue weighted by atomic mass is 79.9. The van der Waals surface area contributed by atoms with Crippen molar-refractivity contribution >= 4 is 31.6 Å². The molecule has 0 aliphatic rings. The molecule has 0 saturated heterocycles. The lowest BCUT2D eigenvalue weighted by Crippen LogP contribution is -2.14. The molecule has 0 fully saturated rings. The maximum absolute atomic E-state index is 13.1.